The summed E-state index contributed by atoms with van der Waals surface area (Å²) in [6.45, 7) is 5.15. The van der Waals surface area contributed by atoms with Crippen LogP contribution in [0, 0.1) is 13.8 Å². The zero-order valence-electron chi connectivity index (χ0n) is 14.4. The van der Waals surface area contributed by atoms with Gasteiger partial charge in [-0.2, -0.15) is 0 Å². The Balaban J connectivity index is 1.91. The van der Waals surface area contributed by atoms with E-state index in [0.29, 0.717) is 49.2 Å². The van der Waals surface area contributed by atoms with E-state index >= 15 is 0 Å². The number of aromatic amines is 1. The normalized spacial score (nSPS) is 10.4. The summed E-state index contributed by atoms with van der Waals surface area (Å²) in [4.78, 5) is 30.5. The molecule has 25 heavy (non-hydrogen) atoms. The SMILES string of the molecule is Cc1ccc(OCCN)c(C(=O)NCCNc2nc(C)cc(=O)[nH]2)c1. The number of rotatable bonds is 8. The monoisotopic (exact) mass is 345 g/mol. The molecule has 0 saturated heterocycles. The van der Waals surface area contributed by atoms with Crippen molar-refractivity contribution in [3.63, 3.8) is 0 Å². The van der Waals surface area contributed by atoms with Crippen LogP contribution in [0.1, 0.15) is 21.6 Å². The van der Waals surface area contributed by atoms with Gasteiger partial charge in [-0.3, -0.25) is 14.6 Å². The zero-order valence-corrected chi connectivity index (χ0v) is 14.4. The molecule has 0 atom stereocenters. The number of benzene rings is 1. The Labute approximate surface area is 145 Å². The molecular formula is C17H23N5O3. The first-order valence-corrected chi connectivity index (χ1v) is 8.03. The lowest BCUT2D eigenvalue weighted by Crippen LogP contribution is -2.30. The van der Waals surface area contributed by atoms with Crippen molar-refractivity contribution >= 4 is 11.9 Å². The van der Waals surface area contributed by atoms with Gasteiger partial charge in [0.1, 0.15) is 12.4 Å². The van der Waals surface area contributed by atoms with E-state index in [1.165, 1.54) is 6.07 Å². The summed E-state index contributed by atoms with van der Waals surface area (Å²) in [5, 5.41) is 5.77. The maximum Gasteiger partial charge on any atom is 0.255 e. The highest BCUT2D eigenvalue weighted by Crippen LogP contribution is 2.19. The van der Waals surface area contributed by atoms with Crippen molar-refractivity contribution in [2.45, 2.75) is 13.8 Å². The van der Waals surface area contributed by atoms with Gasteiger partial charge in [-0.05, 0) is 26.0 Å². The third-order valence-electron chi connectivity index (χ3n) is 3.33. The number of aromatic nitrogens is 2. The summed E-state index contributed by atoms with van der Waals surface area (Å²) < 4.78 is 5.51. The van der Waals surface area contributed by atoms with Gasteiger partial charge in [-0.15, -0.1) is 0 Å². The summed E-state index contributed by atoms with van der Waals surface area (Å²) in [6, 6.07) is 6.82. The predicted molar refractivity (Wildman–Crippen MR) is 96.1 cm³/mol. The number of ether oxygens (including phenoxy) is 1. The molecule has 0 fully saturated rings. The number of nitrogens with zero attached hydrogens (tertiary/aromatic N) is 1. The number of carbonyl (C=O) groups excluding carboxylic acids is 1. The molecule has 0 aliphatic carbocycles. The number of hydrogen-bond donors (Lipinski definition) is 4. The first-order valence-electron chi connectivity index (χ1n) is 8.03. The van der Waals surface area contributed by atoms with Gasteiger partial charge >= 0.3 is 0 Å². The Kier molecular flexibility index (Phi) is 6.53. The zero-order chi connectivity index (χ0) is 18.2. The average Bonchev–Trinajstić information content (AvgIpc) is 2.56. The van der Waals surface area contributed by atoms with Gasteiger partial charge < -0.3 is 21.1 Å². The molecule has 0 unspecified atom stereocenters. The Morgan fingerprint density at radius 1 is 1.28 bits per heavy atom. The van der Waals surface area contributed by atoms with Crippen LogP contribution in [0.5, 0.6) is 5.75 Å². The van der Waals surface area contributed by atoms with Crippen LogP contribution < -0.4 is 26.7 Å². The van der Waals surface area contributed by atoms with Crippen molar-refractivity contribution in [1.29, 1.82) is 0 Å². The number of nitrogens with two attached hydrogens (primary N) is 1. The Morgan fingerprint density at radius 3 is 2.80 bits per heavy atom. The third-order valence-corrected chi connectivity index (χ3v) is 3.33. The molecule has 0 radical (unpaired) electrons. The summed E-state index contributed by atoms with van der Waals surface area (Å²) in [7, 11) is 0. The quantitative estimate of drug-likeness (QED) is 0.519. The molecule has 1 amide bonds. The number of anilines is 1. The Morgan fingerprint density at radius 2 is 2.08 bits per heavy atom. The van der Waals surface area contributed by atoms with Crippen LogP contribution >= 0.6 is 0 Å². The van der Waals surface area contributed by atoms with Crippen LogP contribution in [-0.2, 0) is 0 Å². The van der Waals surface area contributed by atoms with Crippen molar-refractivity contribution in [3.05, 3.63) is 51.4 Å². The molecule has 0 aliphatic heterocycles. The summed E-state index contributed by atoms with van der Waals surface area (Å²) in [6.07, 6.45) is 0. The predicted octanol–water partition coefficient (Wildman–Crippen LogP) is 0.566. The number of nitrogens with one attached hydrogen (secondary N) is 3. The highest BCUT2D eigenvalue weighted by Gasteiger charge is 2.12. The topological polar surface area (TPSA) is 122 Å². The molecule has 1 aromatic heterocycles. The van der Waals surface area contributed by atoms with Gasteiger partial charge in [-0.25, -0.2) is 4.98 Å². The van der Waals surface area contributed by atoms with Crippen molar-refractivity contribution in [2.24, 2.45) is 5.73 Å². The fourth-order valence-electron chi connectivity index (χ4n) is 2.23. The lowest BCUT2D eigenvalue weighted by Gasteiger charge is -2.12. The number of H-pyrrole nitrogens is 1. The molecule has 2 rings (SSSR count). The first-order chi connectivity index (χ1) is 12.0. The van der Waals surface area contributed by atoms with E-state index in [2.05, 4.69) is 20.6 Å². The molecule has 8 nitrogen and oxygen atoms in total. The van der Waals surface area contributed by atoms with Gasteiger partial charge in [0.05, 0.1) is 5.56 Å². The third kappa shape index (κ3) is 5.61. The van der Waals surface area contributed by atoms with Crippen molar-refractivity contribution in [1.82, 2.24) is 15.3 Å². The van der Waals surface area contributed by atoms with Crippen LogP contribution in [0.4, 0.5) is 5.95 Å². The second-order valence-corrected chi connectivity index (χ2v) is 5.55. The molecule has 0 saturated carbocycles. The van der Waals surface area contributed by atoms with Gasteiger partial charge in [-0.1, -0.05) is 11.6 Å². The Hall–Kier alpha value is -2.87. The molecule has 1 heterocycles. The van der Waals surface area contributed by atoms with E-state index in [-0.39, 0.29) is 11.5 Å². The molecule has 2 aromatic rings. The van der Waals surface area contributed by atoms with Crippen LogP contribution in [0.15, 0.2) is 29.1 Å². The maximum absolute atomic E-state index is 12.4. The first kappa shape index (κ1) is 18.5. The van der Waals surface area contributed by atoms with E-state index < -0.39 is 0 Å². The van der Waals surface area contributed by atoms with Crippen LogP contribution in [-0.4, -0.2) is 42.1 Å². The molecule has 0 aliphatic rings. The van der Waals surface area contributed by atoms with E-state index in [9.17, 15) is 9.59 Å². The minimum atomic E-state index is -0.233. The molecule has 0 spiro atoms. The van der Waals surface area contributed by atoms with Crippen molar-refractivity contribution in [3.8, 4) is 5.75 Å². The Bertz CT molecular complexity index is 788. The van der Waals surface area contributed by atoms with Gasteiger partial charge in [0, 0.05) is 31.4 Å². The van der Waals surface area contributed by atoms with Crippen LogP contribution in [0.3, 0.4) is 0 Å². The minimum absolute atomic E-state index is 0.222. The lowest BCUT2D eigenvalue weighted by molar-refractivity contribution is 0.0951. The van der Waals surface area contributed by atoms with Crippen LogP contribution in [0.25, 0.3) is 0 Å². The molecule has 1 aromatic carbocycles. The highest BCUT2D eigenvalue weighted by molar-refractivity contribution is 5.97. The van der Waals surface area contributed by atoms with E-state index in [1.54, 1.807) is 19.1 Å². The standard InChI is InChI=1S/C17H23N5O3/c1-11-3-4-14(25-8-5-18)13(9-11)16(24)19-6-7-20-17-21-12(2)10-15(23)22-17/h3-4,9-10H,5-8,18H2,1-2H3,(H,19,24)(H2,20,21,22,23). The number of hydrogen-bond acceptors (Lipinski definition) is 6. The number of aryl methyl sites for hydroxylation is 2. The van der Waals surface area contributed by atoms with E-state index in [0.717, 1.165) is 5.56 Å². The lowest BCUT2D eigenvalue weighted by atomic mass is 10.1. The summed E-state index contributed by atoms with van der Waals surface area (Å²) in [5.41, 5.74) is 7.27. The highest BCUT2D eigenvalue weighted by atomic mass is 16.5. The van der Waals surface area contributed by atoms with Gasteiger partial charge in [0.25, 0.3) is 11.5 Å². The van der Waals surface area contributed by atoms with Crippen LogP contribution in [0.2, 0.25) is 0 Å². The molecule has 5 N–H and O–H groups in total. The minimum Gasteiger partial charge on any atom is -0.491 e. The summed E-state index contributed by atoms with van der Waals surface area (Å²) >= 11 is 0. The maximum atomic E-state index is 12.4. The molecule has 8 heteroatoms. The fourth-order valence-corrected chi connectivity index (χ4v) is 2.23. The average molecular weight is 345 g/mol. The largest absolute Gasteiger partial charge is 0.491 e. The molecule has 0 bridgehead atoms. The molecular weight excluding hydrogens is 322 g/mol. The molecule has 134 valence electrons. The number of carbonyl (C=O) groups is 1. The van der Waals surface area contributed by atoms with Gasteiger partial charge in [0.15, 0.2) is 0 Å². The van der Waals surface area contributed by atoms with Crippen molar-refractivity contribution in [2.75, 3.05) is 31.6 Å². The summed E-state index contributed by atoms with van der Waals surface area (Å²) in [5.74, 6) is 0.649. The van der Waals surface area contributed by atoms with E-state index in [4.69, 9.17) is 10.5 Å². The smallest absolute Gasteiger partial charge is 0.255 e. The second-order valence-electron chi connectivity index (χ2n) is 5.55. The van der Waals surface area contributed by atoms with E-state index in [1.807, 2.05) is 13.0 Å². The fraction of sp³-hybridized carbons (Fsp3) is 0.353. The second kappa shape index (κ2) is 8.84. The van der Waals surface area contributed by atoms with Gasteiger partial charge in [0.2, 0.25) is 5.95 Å². The van der Waals surface area contributed by atoms with Crippen molar-refractivity contribution < 1.29 is 9.53 Å². The number of amides is 1.